The van der Waals surface area contributed by atoms with E-state index in [2.05, 4.69) is 10.0 Å². The van der Waals surface area contributed by atoms with Gasteiger partial charge in [0.25, 0.3) is 11.8 Å². The molecule has 5 heterocycles. The number of carbonyl (C=O) groups is 7. The lowest BCUT2D eigenvalue weighted by molar-refractivity contribution is -0.388. The van der Waals surface area contributed by atoms with E-state index >= 15 is 0 Å². The number of nitrogens with zero attached hydrogens (tertiary/aromatic N) is 4. The summed E-state index contributed by atoms with van der Waals surface area (Å²) < 4.78 is 80.0. The SMILES string of the molecule is CO[C@@H]1O[C@@H](C)[C@H](OC(=O)c2ccccc2)[C@@H](O[C@@H]2O[C@@H]3COC(c4ccccc4)O[C@H]3[C@H](OC(C)=O)[C@H]2N2C(=O)c3ccccc3C2=O)[C@H]1O[C@H]1O[C@H](COC(C)=O)[C@H](OC(C)=O)[C@H](OC(C)=O)[C@H]1N=[N+]=[N-]. The first-order valence-corrected chi connectivity index (χ1v) is 23.1. The van der Waals surface area contributed by atoms with Gasteiger partial charge in [0.05, 0.1) is 29.4 Å². The Hall–Kier alpha value is -6.86. The van der Waals surface area contributed by atoms with Gasteiger partial charge in [0.1, 0.15) is 49.2 Å². The van der Waals surface area contributed by atoms with Gasteiger partial charge in [-0.05, 0) is 36.7 Å². The number of rotatable bonds is 15. The van der Waals surface area contributed by atoms with Gasteiger partial charge in [-0.3, -0.25) is 33.7 Å². The van der Waals surface area contributed by atoms with E-state index in [1.54, 1.807) is 60.7 Å². The third kappa shape index (κ3) is 11.4. The first kappa shape index (κ1) is 52.5. The predicted octanol–water partition coefficient (Wildman–Crippen LogP) is 3.64. The minimum absolute atomic E-state index is 0.0243. The van der Waals surface area contributed by atoms with Gasteiger partial charge in [0.2, 0.25) is 0 Å². The van der Waals surface area contributed by atoms with Crippen molar-refractivity contribution in [1.82, 2.24) is 4.90 Å². The van der Waals surface area contributed by atoms with Crippen LogP contribution in [0.4, 0.5) is 0 Å². The van der Waals surface area contributed by atoms with Crippen molar-refractivity contribution in [2.75, 3.05) is 20.3 Å². The van der Waals surface area contributed by atoms with Gasteiger partial charge in [-0.25, -0.2) is 4.79 Å². The molecule has 5 aliphatic heterocycles. The molecule has 1 unspecified atom stereocenters. The molecule has 0 aliphatic carbocycles. The molecule has 3 aromatic rings. The number of imide groups is 1. The predicted molar refractivity (Wildman–Crippen MR) is 241 cm³/mol. The Bertz CT molecular complexity index is 2550. The van der Waals surface area contributed by atoms with Crippen molar-refractivity contribution in [3.8, 4) is 0 Å². The largest absolute Gasteiger partial charge is 0.463 e. The molecule has 388 valence electrons. The Morgan fingerprint density at radius 2 is 1.25 bits per heavy atom. The number of fused-ring (bicyclic) bond motifs is 2. The first-order valence-electron chi connectivity index (χ1n) is 23.1. The van der Waals surface area contributed by atoms with Gasteiger partial charge in [-0.1, -0.05) is 65.8 Å². The topological polar surface area (TPSA) is 291 Å². The molecular formula is C49H52N4O20. The molecule has 16 atom stereocenters. The zero-order chi connectivity index (χ0) is 52.1. The van der Waals surface area contributed by atoms with Crippen molar-refractivity contribution in [3.63, 3.8) is 0 Å². The van der Waals surface area contributed by atoms with Gasteiger partial charge in [0.15, 0.2) is 49.6 Å². The van der Waals surface area contributed by atoms with Crippen LogP contribution in [0.3, 0.4) is 0 Å². The van der Waals surface area contributed by atoms with Crippen LogP contribution in [0.5, 0.6) is 0 Å². The van der Waals surface area contributed by atoms with Gasteiger partial charge in [-0.2, -0.15) is 0 Å². The van der Waals surface area contributed by atoms with Crippen LogP contribution in [-0.2, 0) is 80.8 Å². The standard InChI is InChI=1S/C49H52N4O20/c1-23-36(70-45(60)28-15-9-7-10-16-28)41(42(49(61-6)64-23)73-47-34(51-52-50)39(66-26(4)56)37(65-25(3)55)32(68-47)21-62-24(2)54)72-48-35(53-43(58)30-19-13-14-20-31(30)44(53)59)40(67-27(5)57)38-33(69-48)22-63-46(71-38)29-17-11-8-12-18-29/h7-20,23,32-42,46-49H,21-22H2,1-6H3/t23-,32+,33+,34+,35+,36-,37-,38+,39+,40+,41+,42+,46?,47+,48-,49+/m0/s1. The second-order valence-corrected chi connectivity index (χ2v) is 17.4. The number of methoxy groups -OCH3 is 1. The maximum Gasteiger partial charge on any atom is 0.338 e. The molecule has 24 heteroatoms. The molecule has 24 nitrogen and oxygen atoms in total. The van der Waals surface area contributed by atoms with Crippen LogP contribution in [0.2, 0.25) is 0 Å². The van der Waals surface area contributed by atoms with E-state index in [1.807, 2.05) is 0 Å². The van der Waals surface area contributed by atoms with Gasteiger partial charge < -0.3 is 61.6 Å². The zero-order valence-corrected chi connectivity index (χ0v) is 40.2. The van der Waals surface area contributed by atoms with E-state index in [-0.39, 0.29) is 23.3 Å². The Kier molecular flexibility index (Phi) is 16.5. The summed E-state index contributed by atoms with van der Waals surface area (Å²) >= 11 is 0. The third-order valence-electron chi connectivity index (χ3n) is 12.5. The number of benzene rings is 3. The lowest BCUT2D eigenvalue weighted by Gasteiger charge is -2.53. The summed E-state index contributed by atoms with van der Waals surface area (Å²) in [6.45, 7) is 5.07. The monoisotopic (exact) mass is 1020 g/mol. The summed E-state index contributed by atoms with van der Waals surface area (Å²) in [4.78, 5) is 97.6. The quantitative estimate of drug-likeness (QED) is 0.0524. The van der Waals surface area contributed by atoms with Crippen LogP contribution in [0.15, 0.2) is 90.0 Å². The summed E-state index contributed by atoms with van der Waals surface area (Å²) in [5.74, 6) is -5.85. The van der Waals surface area contributed by atoms with Crippen LogP contribution in [0.1, 0.15) is 77.5 Å². The average molecular weight is 1020 g/mol. The summed E-state index contributed by atoms with van der Waals surface area (Å²) in [5, 5.41) is 3.84. The van der Waals surface area contributed by atoms with E-state index in [4.69, 9.17) is 61.6 Å². The molecule has 4 saturated heterocycles. The molecule has 5 aliphatic rings. The van der Waals surface area contributed by atoms with Crippen molar-refractivity contribution in [2.24, 2.45) is 5.11 Å². The Balaban J connectivity index is 1.25. The van der Waals surface area contributed by atoms with Crippen molar-refractivity contribution >= 4 is 41.7 Å². The Morgan fingerprint density at radius 3 is 1.85 bits per heavy atom. The van der Waals surface area contributed by atoms with Crippen molar-refractivity contribution in [2.45, 2.75) is 133 Å². The summed E-state index contributed by atoms with van der Waals surface area (Å²) in [6.07, 6.45) is -20.8. The number of azide groups is 1. The molecule has 0 saturated carbocycles. The first-order chi connectivity index (χ1) is 35.1. The van der Waals surface area contributed by atoms with Crippen LogP contribution in [0.25, 0.3) is 10.4 Å². The molecule has 0 N–H and O–H groups in total. The van der Waals surface area contributed by atoms with Gasteiger partial charge in [0, 0.05) is 45.3 Å². The molecule has 2 amide bonds. The molecule has 0 radical (unpaired) electrons. The maximum absolute atomic E-state index is 14.6. The van der Waals surface area contributed by atoms with E-state index in [9.17, 15) is 39.1 Å². The summed E-state index contributed by atoms with van der Waals surface area (Å²) in [5.41, 5.74) is 10.7. The van der Waals surface area contributed by atoms with Crippen LogP contribution < -0.4 is 0 Å². The molecular weight excluding hydrogens is 965 g/mol. The Labute approximate surface area is 416 Å². The van der Waals surface area contributed by atoms with Crippen LogP contribution >= 0.6 is 0 Å². The number of hydrogen-bond donors (Lipinski definition) is 0. The fraction of sp³-hybridized carbons (Fsp3) is 0.490. The number of amides is 2. The smallest absolute Gasteiger partial charge is 0.338 e. The number of hydrogen-bond acceptors (Lipinski definition) is 21. The summed E-state index contributed by atoms with van der Waals surface area (Å²) in [6, 6.07) is 19.4. The highest BCUT2D eigenvalue weighted by molar-refractivity contribution is 6.21. The molecule has 4 fully saturated rings. The zero-order valence-electron chi connectivity index (χ0n) is 40.2. The highest BCUT2D eigenvalue weighted by atomic mass is 16.8. The van der Waals surface area contributed by atoms with E-state index in [1.165, 1.54) is 38.3 Å². The number of ether oxygens (including phenoxy) is 13. The normalized spacial score (nSPS) is 32.7. The molecule has 73 heavy (non-hydrogen) atoms. The van der Waals surface area contributed by atoms with Crippen molar-refractivity contribution in [3.05, 3.63) is 118 Å². The van der Waals surface area contributed by atoms with Gasteiger partial charge in [-0.15, -0.1) is 0 Å². The third-order valence-corrected chi connectivity index (χ3v) is 12.5. The molecule has 8 rings (SSSR count). The lowest BCUT2D eigenvalue weighted by atomic mass is 9.93. The average Bonchev–Trinajstić information content (AvgIpc) is 3.62. The second-order valence-electron chi connectivity index (χ2n) is 17.4. The molecule has 0 spiro atoms. The lowest BCUT2D eigenvalue weighted by Crippen LogP contribution is -2.71. The molecule has 0 aromatic heterocycles. The van der Waals surface area contributed by atoms with E-state index < -0.39 is 147 Å². The fourth-order valence-corrected chi connectivity index (χ4v) is 9.41. The van der Waals surface area contributed by atoms with Crippen molar-refractivity contribution < 1.29 is 95.1 Å². The highest BCUT2D eigenvalue weighted by Gasteiger charge is 2.61. The van der Waals surface area contributed by atoms with Gasteiger partial charge >= 0.3 is 29.8 Å². The number of esters is 5. The fourth-order valence-electron chi connectivity index (χ4n) is 9.41. The summed E-state index contributed by atoms with van der Waals surface area (Å²) in [7, 11) is 1.25. The minimum Gasteiger partial charge on any atom is -0.463 e. The number of carbonyl (C=O) groups excluding carboxylic acids is 7. The molecule has 0 bridgehead atoms. The minimum atomic E-state index is -1.85. The van der Waals surface area contributed by atoms with E-state index in [0.29, 0.717) is 5.56 Å². The van der Waals surface area contributed by atoms with Crippen molar-refractivity contribution in [1.29, 1.82) is 0 Å². The molecule has 3 aromatic carbocycles. The van der Waals surface area contributed by atoms with E-state index in [0.717, 1.165) is 32.6 Å². The van der Waals surface area contributed by atoms with Crippen LogP contribution in [0, 0.1) is 0 Å². The highest BCUT2D eigenvalue weighted by Crippen LogP contribution is 2.42. The Morgan fingerprint density at radius 1 is 0.658 bits per heavy atom. The maximum atomic E-state index is 14.6. The second kappa shape index (κ2) is 22.9. The van der Waals surface area contributed by atoms with Crippen LogP contribution in [-0.4, -0.2) is 159 Å².